The van der Waals surface area contributed by atoms with E-state index < -0.39 is 5.91 Å². The summed E-state index contributed by atoms with van der Waals surface area (Å²) >= 11 is 1.29. The van der Waals surface area contributed by atoms with Gasteiger partial charge in [0.25, 0.3) is 5.91 Å². The molecule has 4 rings (SSSR count). The number of carbonyl (C=O) groups excluding carboxylic acids is 1. The zero-order chi connectivity index (χ0) is 20.7. The first kappa shape index (κ1) is 19.0. The number of rotatable bonds is 3. The van der Waals surface area contributed by atoms with Crippen LogP contribution in [-0.2, 0) is 0 Å². The molecule has 4 N–H and O–H groups in total. The zero-order valence-electron chi connectivity index (χ0n) is 15.2. The van der Waals surface area contributed by atoms with Crippen LogP contribution >= 0.6 is 11.8 Å². The summed E-state index contributed by atoms with van der Waals surface area (Å²) in [5, 5.41) is 34.2. The Labute approximate surface area is 169 Å². The number of fused-ring (bicyclic) bond motifs is 1. The summed E-state index contributed by atoms with van der Waals surface area (Å²) in [7, 11) is 0. The Bertz CT molecular complexity index is 1120. The van der Waals surface area contributed by atoms with Gasteiger partial charge in [-0.15, -0.1) is 0 Å². The van der Waals surface area contributed by atoms with E-state index in [1.807, 2.05) is 0 Å². The molecule has 0 fully saturated rings. The van der Waals surface area contributed by atoms with Crippen molar-refractivity contribution in [1.82, 2.24) is 9.78 Å². The molecule has 1 aliphatic heterocycles. The molecule has 0 amide bonds. The fourth-order valence-electron chi connectivity index (χ4n) is 3.17. The smallest absolute Gasteiger partial charge is 0.283 e. The number of para-hydroxylation sites is 1. The van der Waals surface area contributed by atoms with Gasteiger partial charge in [0.05, 0.1) is 22.2 Å². The minimum Gasteiger partial charge on any atom is -0.733 e. The molecular weight excluding hydrogens is 394 g/mol. The number of benzene rings is 2. The molecule has 0 saturated heterocycles. The van der Waals surface area contributed by atoms with Crippen molar-refractivity contribution in [2.45, 2.75) is 12.2 Å². The van der Waals surface area contributed by atoms with Gasteiger partial charge in [-0.25, -0.2) is 4.99 Å². The van der Waals surface area contributed by atoms with E-state index in [2.05, 4.69) is 10.1 Å². The largest absolute Gasteiger partial charge is 0.733 e. The number of aromatic hydroxyl groups is 1. The lowest BCUT2D eigenvalue weighted by Crippen LogP contribution is -2.18. The van der Waals surface area contributed by atoms with Crippen LogP contribution in [0.15, 0.2) is 53.5 Å². The number of aromatic nitrogens is 2. The molecule has 0 radical (unpaired) electrons. The second-order valence-corrected chi connectivity index (χ2v) is 7.49. The second-order valence-electron chi connectivity index (χ2n) is 6.37. The van der Waals surface area contributed by atoms with Crippen LogP contribution in [0.4, 0.5) is 11.5 Å². The van der Waals surface area contributed by atoms with Gasteiger partial charge in [0.15, 0.2) is 11.0 Å². The summed E-state index contributed by atoms with van der Waals surface area (Å²) in [5.74, 6) is -0.374. The fraction of sp³-hybridized carbons (Fsp3) is 0.105. The normalized spacial score (nSPS) is 15.6. The quantitative estimate of drug-likeness (QED) is 0.560. The van der Waals surface area contributed by atoms with Crippen LogP contribution in [0, 0.1) is 12.1 Å². The lowest BCUT2D eigenvalue weighted by Gasteiger charge is -2.24. The minimum atomic E-state index is -0.521. The number of hydrogen-bond donors (Lipinski definition) is 3. The zero-order valence-corrected chi connectivity index (χ0v) is 16.0. The van der Waals surface area contributed by atoms with Crippen LogP contribution in [0.5, 0.6) is 5.75 Å². The Morgan fingerprint density at radius 2 is 1.93 bits per heavy atom. The summed E-state index contributed by atoms with van der Waals surface area (Å²) in [5.41, 5.74) is 8.32. The van der Waals surface area contributed by atoms with Gasteiger partial charge in [-0.1, -0.05) is 36.0 Å². The van der Waals surface area contributed by atoms with Gasteiger partial charge >= 0.3 is 0 Å². The van der Waals surface area contributed by atoms with E-state index in [9.17, 15) is 15.1 Å². The maximum absolute atomic E-state index is 13.0. The molecule has 9 nitrogen and oxygen atoms in total. The highest BCUT2D eigenvalue weighted by molar-refractivity contribution is 8.14. The summed E-state index contributed by atoms with van der Waals surface area (Å²) in [4.78, 5) is 17.3. The number of hydrogen-bond acceptors (Lipinski definition) is 9. The summed E-state index contributed by atoms with van der Waals surface area (Å²) in [6.07, 6.45) is 0. The van der Waals surface area contributed by atoms with Crippen molar-refractivity contribution in [1.29, 1.82) is 0 Å². The number of nitrogens with zero attached hydrogens (tertiary/aromatic N) is 4. The van der Waals surface area contributed by atoms with Gasteiger partial charge in [-0.05, 0) is 36.8 Å². The third kappa shape index (κ3) is 3.33. The Balaban J connectivity index is 1.80. The standard InChI is InChI=1S/C19H16N5O4S/c1-10-15-16(11-6-8-12(9-7-11)24(27)28)29-19(20)21-17(15)23(22-10)18(26)13-4-2-3-5-14(13)25/h2-9,16,25,27H,1H3,(H2,20,21)/q-1. The van der Waals surface area contributed by atoms with E-state index in [0.29, 0.717) is 17.1 Å². The molecule has 0 spiro atoms. The highest BCUT2D eigenvalue weighted by atomic mass is 32.2. The van der Waals surface area contributed by atoms with Crippen molar-refractivity contribution in [2.24, 2.45) is 10.7 Å². The van der Waals surface area contributed by atoms with Crippen molar-refractivity contribution < 1.29 is 15.1 Å². The third-order valence-electron chi connectivity index (χ3n) is 4.54. The first-order chi connectivity index (χ1) is 13.9. The molecule has 0 bridgehead atoms. The van der Waals surface area contributed by atoms with Gasteiger partial charge in [0.2, 0.25) is 0 Å². The number of aryl methyl sites for hydroxylation is 1. The van der Waals surface area contributed by atoms with Crippen LogP contribution in [0.3, 0.4) is 0 Å². The second kappa shape index (κ2) is 7.24. The van der Waals surface area contributed by atoms with Crippen molar-refractivity contribution >= 4 is 34.3 Å². The number of carbonyl (C=O) groups is 1. The number of amidine groups is 1. The average Bonchev–Trinajstić information content (AvgIpc) is 3.03. The summed E-state index contributed by atoms with van der Waals surface area (Å²) < 4.78 is 1.14. The number of nitrogens with two attached hydrogens (primary N) is 1. The molecular formula is C19H16N5O4S-. The van der Waals surface area contributed by atoms with E-state index in [4.69, 9.17) is 10.9 Å². The van der Waals surface area contributed by atoms with Crippen LogP contribution in [0.2, 0.25) is 0 Å². The summed E-state index contributed by atoms with van der Waals surface area (Å²) in [6.45, 7) is 1.76. The topological polar surface area (TPSA) is 140 Å². The van der Waals surface area contributed by atoms with Gasteiger partial charge in [0.1, 0.15) is 5.75 Å². The monoisotopic (exact) mass is 410 g/mol. The van der Waals surface area contributed by atoms with E-state index in [-0.39, 0.29) is 32.6 Å². The molecule has 3 aromatic rings. The highest BCUT2D eigenvalue weighted by Crippen LogP contribution is 2.46. The van der Waals surface area contributed by atoms with Crippen LogP contribution < -0.4 is 11.0 Å². The first-order valence-corrected chi connectivity index (χ1v) is 9.44. The van der Waals surface area contributed by atoms with Crippen molar-refractivity contribution in [3.05, 3.63) is 76.1 Å². The molecule has 1 atom stereocenters. The van der Waals surface area contributed by atoms with Crippen LogP contribution in [0.25, 0.3) is 0 Å². The number of aliphatic imine (C=N–C) groups is 1. The van der Waals surface area contributed by atoms with Gasteiger partial charge < -0.3 is 21.3 Å². The third-order valence-corrected chi connectivity index (χ3v) is 5.62. The van der Waals surface area contributed by atoms with Crippen molar-refractivity contribution in [2.75, 3.05) is 5.23 Å². The maximum Gasteiger partial charge on any atom is 0.283 e. The lowest BCUT2D eigenvalue weighted by molar-refractivity contribution is 0.0944. The minimum absolute atomic E-state index is 0.0959. The number of phenols is 1. The van der Waals surface area contributed by atoms with E-state index in [1.165, 1.54) is 36.0 Å². The van der Waals surface area contributed by atoms with Crippen molar-refractivity contribution in [3.63, 3.8) is 0 Å². The fourth-order valence-corrected chi connectivity index (χ4v) is 4.24. The van der Waals surface area contributed by atoms with Crippen LogP contribution in [-0.4, -0.2) is 31.2 Å². The Kier molecular flexibility index (Phi) is 4.74. The molecule has 2 heterocycles. The van der Waals surface area contributed by atoms with Crippen molar-refractivity contribution in [3.8, 4) is 5.75 Å². The molecule has 29 heavy (non-hydrogen) atoms. The molecule has 2 aromatic carbocycles. The SMILES string of the molecule is Cc1nn(C(=O)c2ccccc2O)c2c1C(c1ccc(N([O-])O)cc1)SC(N)=N2. The molecule has 0 saturated carbocycles. The number of anilines is 1. The van der Waals surface area contributed by atoms with E-state index in [0.717, 1.165) is 10.2 Å². The van der Waals surface area contributed by atoms with Crippen LogP contribution in [0.1, 0.15) is 32.4 Å². The predicted molar refractivity (Wildman–Crippen MR) is 110 cm³/mol. The molecule has 10 heteroatoms. The average molecular weight is 410 g/mol. The molecule has 1 aromatic heterocycles. The Hall–Kier alpha value is -3.34. The van der Waals surface area contributed by atoms with Gasteiger partial charge in [-0.2, -0.15) is 9.78 Å². The Morgan fingerprint density at radius 1 is 1.24 bits per heavy atom. The molecule has 1 aliphatic rings. The number of phenolic OH excluding ortho intramolecular Hbond substituents is 1. The van der Waals surface area contributed by atoms with E-state index in [1.54, 1.807) is 31.2 Å². The maximum atomic E-state index is 13.0. The molecule has 148 valence electrons. The van der Waals surface area contributed by atoms with Gasteiger partial charge in [0, 0.05) is 5.56 Å². The van der Waals surface area contributed by atoms with E-state index >= 15 is 0 Å². The Morgan fingerprint density at radius 3 is 2.59 bits per heavy atom. The number of thioether (sulfide) groups is 1. The summed E-state index contributed by atoms with van der Waals surface area (Å²) in [6, 6.07) is 12.6. The van der Waals surface area contributed by atoms with Gasteiger partial charge in [-0.3, -0.25) is 10.0 Å². The lowest BCUT2D eigenvalue weighted by atomic mass is 10.0. The molecule has 1 unspecified atom stereocenters. The predicted octanol–water partition coefficient (Wildman–Crippen LogP) is 3.06. The highest BCUT2D eigenvalue weighted by Gasteiger charge is 2.32. The molecule has 0 aliphatic carbocycles. The first-order valence-electron chi connectivity index (χ1n) is 8.56.